The van der Waals surface area contributed by atoms with E-state index in [-0.39, 0.29) is 24.7 Å². The number of nitrogens with zero attached hydrogens (tertiary/aromatic N) is 3. The fourth-order valence-electron chi connectivity index (χ4n) is 3.89. The zero-order valence-corrected chi connectivity index (χ0v) is 16.5. The lowest BCUT2D eigenvalue weighted by atomic mass is 9.85. The molecule has 2 amide bonds. The largest absolute Gasteiger partial charge is 0.480 e. The smallest absolute Gasteiger partial charge is 0.319 e. The van der Waals surface area contributed by atoms with Crippen LogP contribution in [-0.2, 0) is 11.8 Å². The van der Waals surface area contributed by atoms with Crippen LogP contribution < -0.4 is 10.6 Å². The summed E-state index contributed by atoms with van der Waals surface area (Å²) < 4.78 is 1.68. The quantitative estimate of drug-likeness (QED) is 0.636. The number of urea groups is 1. The number of carbonyl (C=O) groups is 2. The van der Waals surface area contributed by atoms with E-state index in [0.717, 1.165) is 30.6 Å². The van der Waals surface area contributed by atoms with Crippen molar-refractivity contribution in [2.75, 3.05) is 18.4 Å². The minimum Gasteiger partial charge on any atom is -0.480 e. The van der Waals surface area contributed by atoms with Gasteiger partial charge in [0.15, 0.2) is 0 Å². The van der Waals surface area contributed by atoms with Crippen LogP contribution in [0, 0.1) is 5.92 Å². The van der Waals surface area contributed by atoms with E-state index in [1.54, 1.807) is 10.9 Å². The fourth-order valence-corrected chi connectivity index (χ4v) is 3.89. The number of hydrogen-bond acceptors (Lipinski definition) is 4. The van der Waals surface area contributed by atoms with E-state index in [9.17, 15) is 9.59 Å². The Morgan fingerprint density at radius 3 is 2.62 bits per heavy atom. The Hall–Kier alpha value is -2.87. The van der Waals surface area contributed by atoms with E-state index in [4.69, 9.17) is 5.11 Å². The van der Waals surface area contributed by atoms with Crippen molar-refractivity contribution in [3.63, 3.8) is 0 Å². The topological polar surface area (TPSA) is 99.5 Å². The molecule has 0 saturated heterocycles. The third kappa shape index (κ3) is 4.95. The molecule has 1 aromatic carbocycles. The summed E-state index contributed by atoms with van der Waals surface area (Å²) in [5.74, 6) is -0.142. The third-order valence-electron chi connectivity index (χ3n) is 5.62. The number of carboxylic acids is 1. The number of hydrogen-bond donors (Lipinski definition) is 3. The first-order valence-corrected chi connectivity index (χ1v) is 10.1. The standard InChI is InChI=1S/C21H27N5O3/c1-25-12-18(20(24-25)15-5-3-2-4-6-15)23-21(29)22-16-9-17(10-16)26(13-19(27)28)11-14-7-8-14/h2-6,12,14,16-17H,7-11,13H2,1H3,(H,27,28)(H2,22,23,29). The van der Waals surface area contributed by atoms with E-state index < -0.39 is 5.97 Å². The number of benzene rings is 1. The van der Waals surface area contributed by atoms with Crippen LogP contribution >= 0.6 is 0 Å². The van der Waals surface area contributed by atoms with E-state index in [1.807, 2.05) is 37.4 Å². The van der Waals surface area contributed by atoms with Crippen LogP contribution in [0.5, 0.6) is 0 Å². The molecule has 2 aliphatic rings. The van der Waals surface area contributed by atoms with Crippen LogP contribution in [0.2, 0.25) is 0 Å². The van der Waals surface area contributed by atoms with Gasteiger partial charge in [-0.25, -0.2) is 4.79 Å². The first-order valence-electron chi connectivity index (χ1n) is 10.1. The van der Waals surface area contributed by atoms with E-state index in [1.165, 1.54) is 12.8 Å². The van der Waals surface area contributed by atoms with Gasteiger partial charge < -0.3 is 15.7 Å². The molecule has 0 aliphatic heterocycles. The summed E-state index contributed by atoms with van der Waals surface area (Å²) >= 11 is 0. The van der Waals surface area contributed by atoms with Crippen molar-refractivity contribution in [1.82, 2.24) is 20.0 Å². The average Bonchev–Trinajstić information content (AvgIpc) is 3.38. The van der Waals surface area contributed by atoms with Gasteiger partial charge in [-0.05, 0) is 31.6 Å². The number of anilines is 1. The number of aromatic nitrogens is 2. The third-order valence-corrected chi connectivity index (χ3v) is 5.62. The fraction of sp³-hybridized carbons (Fsp3) is 0.476. The summed E-state index contributed by atoms with van der Waals surface area (Å²) in [6.45, 7) is 0.933. The second kappa shape index (κ2) is 8.24. The molecule has 2 saturated carbocycles. The first kappa shape index (κ1) is 19.4. The van der Waals surface area contributed by atoms with Crippen molar-refractivity contribution in [2.24, 2.45) is 13.0 Å². The first-order chi connectivity index (χ1) is 14.0. The molecule has 0 atom stereocenters. The Balaban J connectivity index is 1.31. The normalized spacial score (nSPS) is 20.9. The van der Waals surface area contributed by atoms with Gasteiger partial charge in [0.25, 0.3) is 0 Å². The molecule has 0 spiro atoms. The molecule has 0 radical (unpaired) electrons. The van der Waals surface area contributed by atoms with Gasteiger partial charge in [0.05, 0.1) is 12.2 Å². The number of carbonyl (C=O) groups excluding carboxylic acids is 1. The monoisotopic (exact) mass is 397 g/mol. The molecule has 8 heteroatoms. The molecule has 0 bridgehead atoms. The number of nitrogens with one attached hydrogen (secondary N) is 2. The molecule has 2 fully saturated rings. The summed E-state index contributed by atoms with van der Waals surface area (Å²) in [6, 6.07) is 9.77. The molecular weight excluding hydrogens is 370 g/mol. The SMILES string of the molecule is Cn1cc(NC(=O)NC2CC(N(CC(=O)O)CC3CC3)C2)c(-c2ccccc2)n1. The molecule has 29 heavy (non-hydrogen) atoms. The number of rotatable bonds is 8. The second-order valence-electron chi connectivity index (χ2n) is 8.12. The predicted molar refractivity (Wildman–Crippen MR) is 110 cm³/mol. The van der Waals surface area contributed by atoms with Gasteiger partial charge in [0.2, 0.25) is 0 Å². The highest BCUT2D eigenvalue weighted by Gasteiger charge is 2.37. The molecule has 3 N–H and O–H groups in total. The maximum atomic E-state index is 12.5. The lowest BCUT2D eigenvalue weighted by molar-refractivity contribution is -0.139. The van der Waals surface area contributed by atoms with Crippen LogP contribution in [-0.4, -0.2) is 57.0 Å². The summed E-state index contributed by atoms with van der Waals surface area (Å²) in [5, 5.41) is 19.5. The van der Waals surface area contributed by atoms with Crippen molar-refractivity contribution in [3.05, 3.63) is 36.5 Å². The van der Waals surface area contributed by atoms with Gasteiger partial charge in [-0.2, -0.15) is 5.10 Å². The lowest BCUT2D eigenvalue weighted by Crippen LogP contribution is -2.55. The highest BCUT2D eigenvalue weighted by atomic mass is 16.4. The molecule has 8 nitrogen and oxygen atoms in total. The van der Waals surface area contributed by atoms with Crippen molar-refractivity contribution in [3.8, 4) is 11.3 Å². The van der Waals surface area contributed by atoms with Gasteiger partial charge in [-0.3, -0.25) is 14.4 Å². The second-order valence-corrected chi connectivity index (χ2v) is 8.12. The highest BCUT2D eigenvalue weighted by molar-refractivity contribution is 5.93. The zero-order chi connectivity index (χ0) is 20.4. The summed E-state index contributed by atoms with van der Waals surface area (Å²) in [6.07, 6.45) is 5.75. The minimum atomic E-state index is -0.787. The van der Waals surface area contributed by atoms with Crippen molar-refractivity contribution < 1.29 is 14.7 Å². The Labute approximate surface area is 169 Å². The Morgan fingerprint density at radius 2 is 1.97 bits per heavy atom. The maximum Gasteiger partial charge on any atom is 0.319 e. The summed E-state index contributed by atoms with van der Waals surface area (Å²) in [5.41, 5.74) is 2.33. The van der Waals surface area contributed by atoms with Crippen molar-refractivity contribution in [2.45, 2.75) is 37.8 Å². The van der Waals surface area contributed by atoms with Gasteiger partial charge in [0, 0.05) is 37.4 Å². The Bertz CT molecular complexity index is 872. The zero-order valence-electron chi connectivity index (χ0n) is 16.5. The van der Waals surface area contributed by atoms with Gasteiger partial charge in [0.1, 0.15) is 5.69 Å². The molecule has 154 valence electrons. The molecule has 1 heterocycles. The number of aryl methyl sites for hydroxylation is 1. The Kier molecular flexibility index (Phi) is 5.53. The molecule has 4 rings (SSSR count). The Morgan fingerprint density at radius 1 is 1.24 bits per heavy atom. The lowest BCUT2D eigenvalue weighted by Gasteiger charge is -2.42. The van der Waals surface area contributed by atoms with Crippen LogP contribution in [0.25, 0.3) is 11.3 Å². The highest BCUT2D eigenvalue weighted by Crippen LogP contribution is 2.34. The summed E-state index contributed by atoms with van der Waals surface area (Å²) in [7, 11) is 1.82. The van der Waals surface area contributed by atoms with Crippen molar-refractivity contribution in [1.29, 1.82) is 0 Å². The van der Waals surface area contributed by atoms with E-state index in [0.29, 0.717) is 11.6 Å². The summed E-state index contributed by atoms with van der Waals surface area (Å²) in [4.78, 5) is 25.7. The van der Waals surface area contributed by atoms with Crippen molar-refractivity contribution >= 4 is 17.7 Å². The van der Waals surface area contributed by atoms with Gasteiger partial charge in [-0.1, -0.05) is 30.3 Å². The van der Waals surface area contributed by atoms with Crippen LogP contribution in [0.3, 0.4) is 0 Å². The molecule has 1 aromatic heterocycles. The molecule has 2 aliphatic carbocycles. The van der Waals surface area contributed by atoms with E-state index in [2.05, 4.69) is 20.6 Å². The molecule has 0 unspecified atom stereocenters. The number of amides is 2. The van der Waals surface area contributed by atoms with Crippen LogP contribution in [0.15, 0.2) is 36.5 Å². The number of carboxylic acid groups (broad SMARTS) is 1. The molecular formula is C21H27N5O3. The number of aliphatic carboxylic acids is 1. The van der Waals surface area contributed by atoms with Crippen LogP contribution in [0.4, 0.5) is 10.5 Å². The van der Waals surface area contributed by atoms with Crippen LogP contribution in [0.1, 0.15) is 25.7 Å². The van der Waals surface area contributed by atoms with Gasteiger partial charge in [-0.15, -0.1) is 0 Å². The van der Waals surface area contributed by atoms with Gasteiger partial charge >= 0.3 is 12.0 Å². The average molecular weight is 397 g/mol. The predicted octanol–water partition coefficient (Wildman–Crippen LogP) is 2.54. The maximum absolute atomic E-state index is 12.5. The minimum absolute atomic E-state index is 0.0624. The molecule has 2 aromatic rings. The van der Waals surface area contributed by atoms with E-state index >= 15 is 0 Å².